The second kappa shape index (κ2) is 9.72. The molecule has 0 aromatic carbocycles. The zero-order valence-corrected chi connectivity index (χ0v) is 13.9. The number of carbonyl (C=O) groups is 2. The molecule has 0 amide bonds. The van der Waals surface area contributed by atoms with E-state index < -0.39 is 22.9 Å². The minimum Gasteiger partial charge on any atom is -0.469 e. The Labute approximate surface area is 122 Å². The smallest absolute Gasteiger partial charge is 0.319 e. The van der Waals surface area contributed by atoms with Gasteiger partial charge in [-0.05, 0) is 25.7 Å². The maximum Gasteiger partial charge on any atom is 0.319 e. The van der Waals surface area contributed by atoms with Gasteiger partial charge in [0.1, 0.15) is 5.25 Å². The number of rotatable bonds is 9. The molecular formula is C10H19O6PS2. The van der Waals surface area contributed by atoms with Crippen LogP contribution in [0.5, 0.6) is 0 Å². The molecule has 0 aliphatic carbocycles. The molecule has 0 rings (SSSR count). The van der Waals surface area contributed by atoms with Crippen LogP contribution in [0.1, 0.15) is 20.3 Å². The van der Waals surface area contributed by atoms with Gasteiger partial charge in [-0.15, -0.1) is 0 Å². The van der Waals surface area contributed by atoms with Gasteiger partial charge in [-0.25, -0.2) is 0 Å². The van der Waals surface area contributed by atoms with E-state index in [1.807, 2.05) is 0 Å². The number of carbonyl (C=O) groups excluding carboxylic acids is 2. The second-order valence-corrected chi connectivity index (χ2v) is 9.58. The van der Waals surface area contributed by atoms with E-state index in [-0.39, 0.29) is 6.42 Å². The third-order valence-corrected chi connectivity index (χ3v) is 7.47. The van der Waals surface area contributed by atoms with E-state index in [4.69, 9.17) is 20.9 Å². The normalized spacial score (nSPS) is 12.8. The number of esters is 2. The molecule has 0 bridgehead atoms. The maximum absolute atomic E-state index is 11.7. The molecule has 0 aliphatic heterocycles. The summed E-state index contributed by atoms with van der Waals surface area (Å²) in [5.74, 6) is -1.07. The van der Waals surface area contributed by atoms with Gasteiger partial charge >= 0.3 is 11.9 Å². The Morgan fingerprint density at radius 2 is 1.68 bits per heavy atom. The van der Waals surface area contributed by atoms with E-state index >= 15 is 0 Å². The first-order valence-electron chi connectivity index (χ1n) is 5.64. The Morgan fingerprint density at radius 1 is 1.16 bits per heavy atom. The topological polar surface area (TPSA) is 71.1 Å². The first-order valence-corrected chi connectivity index (χ1v) is 9.76. The molecule has 0 fully saturated rings. The van der Waals surface area contributed by atoms with Gasteiger partial charge in [-0.2, -0.15) is 0 Å². The molecule has 0 N–H and O–H groups in total. The van der Waals surface area contributed by atoms with Gasteiger partial charge < -0.3 is 18.5 Å². The average molecular weight is 330 g/mol. The first-order chi connectivity index (χ1) is 8.92. The molecule has 9 heteroatoms. The van der Waals surface area contributed by atoms with Gasteiger partial charge in [0, 0.05) is 0 Å². The third-order valence-electron chi connectivity index (χ3n) is 1.87. The number of ether oxygens (including phenoxy) is 2. The van der Waals surface area contributed by atoms with Crippen molar-refractivity contribution in [1.29, 1.82) is 0 Å². The summed E-state index contributed by atoms with van der Waals surface area (Å²) >= 11 is 6.33. The van der Waals surface area contributed by atoms with Crippen LogP contribution in [0.4, 0.5) is 0 Å². The molecule has 0 saturated heterocycles. The van der Waals surface area contributed by atoms with Crippen LogP contribution >= 0.6 is 17.1 Å². The summed E-state index contributed by atoms with van der Waals surface area (Å²) in [4.78, 5) is 23.0. The predicted octanol–water partition coefficient (Wildman–Crippen LogP) is 2.12. The molecule has 0 saturated carbocycles. The highest BCUT2D eigenvalue weighted by atomic mass is 32.9. The third kappa shape index (κ3) is 7.27. The number of methoxy groups -OCH3 is 2. The van der Waals surface area contributed by atoms with Crippen molar-refractivity contribution in [2.45, 2.75) is 25.5 Å². The van der Waals surface area contributed by atoms with Gasteiger partial charge in [0.05, 0.1) is 33.9 Å². The lowest BCUT2D eigenvalue weighted by Crippen LogP contribution is -2.23. The zero-order chi connectivity index (χ0) is 14.9. The van der Waals surface area contributed by atoms with Crippen LogP contribution < -0.4 is 0 Å². The van der Waals surface area contributed by atoms with E-state index in [0.717, 1.165) is 11.4 Å². The summed E-state index contributed by atoms with van der Waals surface area (Å²) in [7, 11) is 2.50. The molecule has 6 nitrogen and oxygen atoms in total. The Bertz CT molecular complexity index is 339. The summed E-state index contributed by atoms with van der Waals surface area (Å²) in [5.41, 5.74) is -2.67. The van der Waals surface area contributed by atoms with Gasteiger partial charge in [0.2, 0.25) is 5.69 Å². The molecule has 0 aliphatic rings. The summed E-state index contributed by atoms with van der Waals surface area (Å²) in [6.45, 7) is 4.31. The molecule has 0 aromatic rings. The van der Waals surface area contributed by atoms with Crippen LogP contribution in [0, 0.1) is 0 Å². The van der Waals surface area contributed by atoms with Crippen molar-refractivity contribution in [3.8, 4) is 0 Å². The summed E-state index contributed by atoms with van der Waals surface area (Å²) in [5, 5.41) is -0.790. The lowest BCUT2D eigenvalue weighted by Gasteiger charge is -2.23. The van der Waals surface area contributed by atoms with Crippen LogP contribution in [-0.2, 0) is 39.9 Å². The summed E-state index contributed by atoms with van der Waals surface area (Å²) < 4.78 is 20.0. The van der Waals surface area contributed by atoms with Gasteiger partial charge in [0.15, 0.2) is 0 Å². The average Bonchev–Trinajstić information content (AvgIpc) is 2.37. The predicted molar refractivity (Wildman–Crippen MR) is 77.6 cm³/mol. The molecule has 0 aromatic heterocycles. The van der Waals surface area contributed by atoms with E-state index in [1.165, 1.54) is 14.2 Å². The first kappa shape index (κ1) is 18.9. The van der Waals surface area contributed by atoms with Crippen molar-refractivity contribution in [2.75, 3.05) is 27.4 Å². The summed E-state index contributed by atoms with van der Waals surface area (Å²) in [6.07, 6.45) is -0.133. The van der Waals surface area contributed by atoms with Crippen molar-refractivity contribution in [1.82, 2.24) is 0 Å². The van der Waals surface area contributed by atoms with E-state index in [0.29, 0.717) is 13.2 Å². The highest BCUT2D eigenvalue weighted by Gasteiger charge is 2.32. The fourth-order valence-electron chi connectivity index (χ4n) is 1.10. The lowest BCUT2D eigenvalue weighted by atomic mass is 10.3. The maximum atomic E-state index is 11.7. The second-order valence-electron chi connectivity index (χ2n) is 3.18. The highest BCUT2D eigenvalue weighted by molar-refractivity contribution is 8.68. The zero-order valence-electron chi connectivity index (χ0n) is 11.4. The molecule has 0 spiro atoms. The molecule has 1 atom stereocenters. The van der Waals surface area contributed by atoms with E-state index in [2.05, 4.69) is 9.47 Å². The van der Waals surface area contributed by atoms with Crippen molar-refractivity contribution >= 4 is 40.8 Å². The quantitative estimate of drug-likeness (QED) is 0.470. The fraction of sp³-hybridized carbons (Fsp3) is 0.800. The SMILES string of the molecule is CCOP(=S)(OCC)SC(CC(=O)OC)C(=O)OC. The molecule has 1 unspecified atom stereocenters. The molecule has 19 heavy (non-hydrogen) atoms. The Kier molecular flexibility index (Phi) is 9.64. The van der Waals surface area contributed by atoms with Crippen LogP contribution in [0.3, 0.4) is 0 Å². The van der Waals surface area contributed by atoms with Crippen LogP contribution in [0.2, 0.25) is 0 Å². The van der Waals surface area contributed by atoms with Crippen molar-refractivity contribution < 1.29 is 28.1 Å². The van der Waals surface area contributed by atoms with Gasteiger partial charge in [0.25, 0.3) is 0 Å². The Hall–Kier alpha value is -0.140. The van der Waals surface area contributed by atoms with Crippen LogP contribution in [-0.4, -0.2) is 44.6 Å². The molecule has 0 heterocycles. The van der Waals surface area contributed by atoms with Gasteiger partial charge in [-0.1, -0.05) is 11.4 Å². The van der Waals surface area contributed by atoms with Crippen molar-refractivity contribution in [3.05, 3.63) is 0 Å². The van der Waals surface area contributed by atoms with Crippen LogP contribution in [0.15, 0.2) is 0 Å². The number of hydrogen-bond acceptors (Lipinski definition) is 8. The molecule has 0 radical (unpaired) electrons. The van der Waals surface area contributed by atoms with Crippen molar-refractivity contribution in [3.63, 3.8) is 0 Å². The molecule has 112 valence electrons. The largest absolute Gasteiger partial charge is 0.469 e. The minimum atomic E-state index is -2.67. The van der Waals surface area contributed by atoms with E-state index in [9.17, 15) is 9.59 Å². The van der Waals surface area contributed by atoms with Crippen molar-refractivity contribution in [2.24, 2.45) is 0 Å². The Balaban J connectivity index is 4.89. The number of hydrogen-bond donors (Lipinski definition) is 0. The fourth-order valence-corrected chi connectivity index (χ4v) is 6.62. The monoisotopic (exact) mass is 330 g/mol. The van der Waals surface area contributed by atoms with Gasteiger partial charge in [-0.3, -0.25) is 9.59 Å². The van der Waals surface area contributed by atoms with Crippen LogP contribution in [0.25, 0.3) is 0 Å². The summed E-state index contributed by atoms with van der Waals surface area (Å²) in [6, 6.07) is 0. The van der Waals surface area contributed by atoms with E-state index in [1.54, 1.807) is 13.8 Å². The Morgan fingerprint density at radius 3 is 2.05 bits per heavy atom. The lowest BCUT2D eigenvalue weighted by molar-refractivity contribution is -0.146. The highest BCUT2D eigenvalue weighted by Crippen LogP contribution is 2.63. The minimum absolute atomic E-state index is 0.133. The molecular weight excluding hydrogens is 311 g/mol. The standard InChI is InChI=1S/C10H19O6PS2/c1-5-15-17(18,16-6-2)19-8(10(12)14-4)7-9(11)13-3/h8H,5-7H2,1-4H3.